The molecule has 0 spiro atoms. The van der Waals surface area contributed by atoms with Crippen molar-refractivity contribution in [3.05, 3.63) is 29.8 Å². The molecule has 0 aliphatic heterocycles. The highest BCUT2D eigenvalue weighted by molar-refractivity contribution is 7.86. The Bertz CT molecular complexity index is 419. The van der Waals surface area contributed by atoms with E-state index in [-0.39, 0.29) is 4.90 Å². The Labute approximate surface area is 89.0 Å². The van der Waals surface area contributed by atoms with Gasteiger partial charge in [-0.1, -0.05) is 12.1 Å². The molecule has 0 aliphatic rings. The third kappa shape index (κ3) is 3.14. The zero-order valence-electron chi connectivity index (χ0n) is 8.34. The first-order chi connectivity index (χ1) is 7.10. The van der Waals surface area contributed by atoms with Crippen LogP contribution in [0.2, 0.25) is 0 Å². The lowest BCUT2D eigenvalue weighted by Crippen LogP contribution is -2.02. The summed E-state index contributed by atoms with van der Waals surface area (Å²) in [5.41, 5.74) is 0.928. The van der Waals surface area contributed by atoms with Gasteiger partial charge in [0.1, 0.15) is 6.29 Å². The van der Waals surface area contributed by atoms with Gasteiger partial charge in [-0.25, -0.2) is 0 Å². The molecule has 0 fully saturated rings. The molecule has 0 heterocycles. The molecule has 15 heavy (non-hydrogen) atoms. The summed E-state index contributed by atoms with van der Waals surface area (Å²) in [4.78, 5) is 10.3. The van der Waals surface area contributed by atoms with Crippen LogP contribution in [0.4, 0.5) is 0 Å². The highest BCUT2D eigenvalue weighted by Crippen LogP contribution is 2.13. The Hall–Kier alpha value is -1.20. The van der Waals surface area contributed by atoms with Gasteiger partial charge in [0.25, 0.3) is 10.1 Å². The number of hydrogen-bond acceptors (Lipinski definition) is 4. The van der Waals surface area contributed by atoms with Gasteiger partial charge in [0.05, 0.1) is 12.0 Å². The van der Waals surface area contributed by atoms with Gasteiger partial charge >= 0.3 is 0 Å². The lowest BCUT2D eigenvalue weighted by Gasteiger charge is -2.02. The van der Waals surface area contributed by atoms with Gasteiger partial charge in [-0.05, 0) is 24.1 Å². The second kappa shape index (κ2) is 5.04. The SMILES string of the molecule is COS(=O)(=O)c1ccc(CCC=O)cc1. The summed E-state index contributed by atoms with van der Waals surface area (Å²) in [5, 5.41) is 0. The molecule has 0 bridgehead atoms. The topological polar surface area (TPSA) is 60.4 Å². The summed E-state index contributed by atoms with van der Waals surface area (Å²) >= 11 is 0. The van der Waals surface area contributed by atoms with Crippen molar-refractivity contribution in [3.8, 4) is 0 Å². The third-order valence-electron chi connectivity index (χ3n) is 1.98. The van der Waals surface area contributed by atoms with E-state index >= 15 is 0 Å². The minimum absolute atomic E-state index is 0.125. The second-order valence-electron chi connectivity index (χ2n) is 2.97. The molecular formula is C10H12O4S. The van der Waals surface area contributed by atoms with Crippen molar-refractivity contribution in [2.45, 2.75) is 17.7 Å². The number of rotatable bonds is 5. The summed E-state index contributed by atoms with van der Waals surface area (Å²) in [6.07, 6.45) is 1.90. The van der Waals surface area contributed by atoms with E-state index in [9.17, 15) is 13.2 Å². The average molecular weight is 228 g/mol. The van der Waals surface area contributed by atoms with E-state index in [1.165, 1.54) is 12.1 Å². The molecule has 0 aromatic heterocycles. The standard InChI is InChI=1S/C10H12O4S/c1-14-15(12,13)10-6-4-9(5-7-10)3-2-8-11/h4-8H,2-3H2,1H3. The molecule has 0 unspecified atom stereocenters. The van der Waals surface area contributed by atoms with Gasteiger partial charge < -0.3 is 4.79 Å². The number of hydrogen-bond donors (Lipinski definition) is 0. The first-order valence-electron chi connectivity index (χ1n) is 4.43. The predicted octanol–water partition coefficient (Wildman–Crippen LogP) is 1.15. The predicted molar refractivity (Wildman–Crippen MR) is 55.0 cm³/mol. The molecule has 0 saturated carbocycles. The van der Waals surface area contributed by atoms with E-state index in [0.29, 0.717) is 12.8 Å². The highest BCUT2D eigenvalue weighted by Gasteiger charge is 2.11. The quantitative estimate of drug-likeness (QED) is 0.560. The van der Waals surface area contributed by atoms with E-state index < -0.39 is 10.1 Å². The molecule has 0 N–H and O–H groups in total. The Kier molecular flexibility index (Phi) is 3.99. The molecule has 1 rings (SSSR count). The summed E-state index contributed by atoms with van der Waals surface area (Å²) < 4.78 is 26.9. The van der Waals surface area contributed by atoms with Crippen molar-refractivity contribution in [2.24, 2.45) is 0 Å². The molecule has 1 aromatic rings. The van der Waals surface area contributed by atoms with Crippen LogP contribution in [0.5, 0.6) is 0 Å². The lowest BCUT2D eigenvalue weighted by molar-refractivity contribution is -0.107. The van der Waals surface area contributed by atoms with Gasteiger partial charge in [-0.15, -0.1) is 0 Å². The summed E-state index contributed by atoms with van der Waals surface area (Å²) in [5.74, 6) is 0. The smallest absolute Gasteiger partial charge is 0.296 e. The molecular weight excluding hydrogens is 216 g/mol. The summed E-state index contributed by atoms with van der Waals surface area (Å²) in [7, 11) is -2.48. The van der Waals surface area contributed by atoms with Crippen LogP contribution in [-0.2, 0) is 25.5 Å². The Morgan fingerprint density at radius 1 is 1.27 bits per heavy atom. The van der Waals surface area contributed by atoms with E-state index in [2.05, 4.69) is 4.18 Å². The van der Waals surface area contributed by atoms with Crippen LogP contribution in [0, 0.1) is 0 Å². The zero-order valence-corrected chi connectivity index (χ0v) is 9.16. The monoisotopic (exact) mass is 228 g/mol. The van der Waals surface area contributed by atoms with Gasteiger partial charge in [0.2, 0.25) is 0 Å². The number of benzene rings is 1. The van der Waals surface area contributed by atoms with Crippen molar-refractivity contribution >= 4 is 16.4 Å². The van der Waals surface area contributed by atoms with Gasteiger partial charge in [0, 0.05) is 6.42 Å². The maximum atomic E-state index is 11.2. The first-order valence-corrected chi connectivity index (χ1v) is 5.84. The molecule has 0 atom stereocenters. The molecule has 0 saturated heterocycles. The molecule has 0 amide bonds. The number of carbonyl (C=O) groups excluding carboxylic acids is 1. The lowest BCUT2D eigenvalue weighted by atomic mass is 10.1. The van der Waals surface area contributed by atoms with Crippen LogP contribution in [0.1, 0.15) is 12.0 Å². The largest absolute Gasteiger partial charge is 0.303 e. The first kappa shape index (κ1) is 11.9. The van der Waals surface area contributed by atoms with Gasteiger partial charge in [-0.2, -0.15) is 8.42 Å². The summed E-state index contributed by atoms with van der Waals surface area (Å²) in [6, 6.07) is 6.29. The number of aryl methyl sites for hydroxylation is 1. The Balaban J connectivity index is 2.85. The van der Waals surface area contributed by atoms with E-state index in [1.807, 2.05) is 0 Å². The van der Waals surface area contributed by atoms with Crippen LogP contribution in [0.3, 0.4) is 0 Å². The molecule has 82 valence electrons. The zero-order chi connectivity index (χ0) is 11.3. The van der Waals surface area contributed by atoms with Crippen molar-refractivity contribution in [2.75, 3.05) is 7.11 Å². The second-order valence-corrected chi connectivity index (χ2v) is 4.68. The minimum atomic E-state index is -3.60. The van der Waals surface area contributed by atoms with Crippen molar-refractivity contribution < 1.29 is 17.4 Å². The van der Waals surface area contributed by atoms with Crippen LogP contribution in [-0.4, -0.2) is 21.8 Å². The molecule has 1 aromatic carbocycles. The van der Waals surface area contributed by atoms with Crippen molar-refractivity contribution in [3.63, 3.8) is 0 Å². The van der Waals surface area contributed by atoms with Crippen LogP contribution >= 0.6 is 0 Å². The average Bonchev–Trinajstić information content (AvgIpc) is 2.27. The summed E-state index contributed by atoms with van der Waals surface area (Å²) in [6.45, 7) is 0. The van der Waals surface area contributed by atoms with Gasteiger partial charge in [-0.3, -0.25) is 4.18 Å². The van der Waals surface area contributed by atoms with E-state index in [4.69, 9.17) is 0 Å². The third-order valence-corrected chi connectivity index (χ3v) is 3.27. The normalized spacial score (nSPS) is 11.3. The van der Waals surface area contributed by atoms with Crippen LogP contribution < -0.4 is 0 Å². The Morgan fingerprint density at radius 2 is 1.87 bits per heavy atom. The van der Waals surface area contributed by atoms with E-state index in [0.717, 1.165) is 19.0 Å². The van der Waals surface area contributed by atoms with Crippen molar-refractivity contribution in [1.82, 2.24) is 0 Å². The van der Waals surface area contributed by atoms with Gasteiger partial charge in [0.15, 0.2) is 0 Å². The molecule has 4 nitrogen and oxygen atoms in total. The van der Waals surface area contributed by atoms with Crippen LogP contribution in [0.15, 0.2) is 29.2 Å². The van der Waals surface area contributed by atoms with Crippen molar-refractivity contribution in [1.29, 1.82) is 0 Å². The fraction of sp³-hybridized carbons (Fsp3) is 0.300. The highest BCUT2D eigenvalue weighted by atomic mass is 32.2. The molecule has 0 aliphatic carbocycles. The van der Waals surface area contributed by atoms with E-state index in [1.54, 1.807) is 12.1 Å². The fourth-order valence-corrected chi connectivity index (χ4v) is 1.81. The maximum Gasteiger partial charge on any atom is 0.296 e. The molecule has 0 radical (unpaired) electrons. The minimum Gasteiger partial charge on any atom is -0.303 e. The number of carbonyl (C=O) groups is 1. The Morgan fingerprint density at radius 3 is 2.33 bits per heavy atom. The fourth-order valence-electron chi connectivity index (χ4n) is 1.14. The number of aldehydes is 1. The van der Waals surface area contributed by atoms with Crippen LogP contribution in [0.25, 0.3) is 0 Å². The molecule has 5 heteroatoms. The maximum absolute atomic E-state index is 11.2.